The number of carbonyl (C=O) groups excluding carboxylic acids is 2. The van der Waals surface area contributed by atoms with Gasteiger partial charge in [0.05, 0.1) is 110 Å². The molecular formula is C68H79BN14O6. The lowest BCUT2D eigenvalue weighted by molar-refractivity contribution is -0.124. The zero-order valence-corrected chi connectivity index (χ0v) is 53.0. The predicted octanol–water partition coefficient (Wildman–Crippen LogP) is 9.12. The molecule has 89 heavy (non-hydrogen) atoms. The van der Waals surface area contributed by atoms with Crippen LogP contribution < -0.4 is 14.9 Å². The highest BCUT2D eigenvalue weighted by Gasteiger charge is 2.52. The van der Waals surface area contributed by atoms with E-state index in [0.29, 0.717) is 38.2 Å². The number of likely N-dealkylation sites (tertiary alicyclic amines) is 2. The summed E-state index contributed by atoms with van der Waals surface area (Å²) in [6.45, 7) is 20.0. The van der Waals surface area contributed by atoms with Crippen molar-refractivity contribution in [1.82, 2.24) is 64.2 Å². The average Bonchev–Trinajstić information content (AvgIpc) is 2.61. The molecule has 13 rings (SSSR count). The summed E-state index contributed by atoms with van der Waals surface area (Å²) >= 11 is 0. The van der Waals surface area contributed by atoms with E-state index in [1.165, 1.54) is 0 Å². The van der Waals surface area contributed by atoms with Crippen LogP contribution >= 0.6 is 0 Å². The van der Waals surface area contributed by atoms with Gasteiger partial charge < -0.3 is 28.6 Å². The highest BCUT2D eigenvalue weighted by Crippen LogP contribution is 2.37. The molecule has 3 saturated heterocycles. The second kappa shape index (κ2) is 26.7. The quantitative estimate of drug-likeness (QED) is 0.0875. The highest BCUT2D eigenvalue weighted by molar-refractivity contribution is 6.62. The van der Waals surface area contributed by atoms with E-state index in [1.807, 2.05) is 91.1 Å². The number of methoxy groups -OCH3 is 2. The standard InChI is InChI=1S/C27H30N6O2.C21H26BN3O3.C20H23N5O/c1-18-24-12-21(14-29-27(24)33(31-18)17-19-4-6-23(35-3)7-5-19)25-16-28-15-22(30-25)13-26(34)20-8-10-32(2)11-9-20;1-14-18-11-16(22-27-20(2,3)21(4,5)28-22)12-23-19(18)25(24-14)13-15-7-9-17(26-6)10-8-15;1-13-17-7-15(9-23-19(17)12-22-13)18-11-21-10-16(24-18)8-20(26)14-3-5-25(2)6-4-14/h4-7,12,14-16,20H,8-11,13,17H2,1-3H3;7-12H,13H2,1-6H3;7,9-11,14H,3-6,8,12H2,1-2H3. The summed E-state index contributed by atoms with van der Waals surface area (Å²) in [4.78, 5) is 66.4. The molecule has 0 N–H and O–H groups in total. The maximum absolute atomic E-state index is 12.8. The maximum atomic E-state index is 12.8. The van der Waals surface area contributed by atoms with Gasteiger partial charge in [-0.25, -0.2) is 29.3 Å². The number of benzene rings is 2. The number of aliphatic imine (C=N–C) groups is 1. The van der Waals surface area contributed by atoms with Crippen molar-refractivity contribution >= 4 is 51.9 Å². The Morgan fingerprint density at radius 2 is 1.03 bits per heavy atom. The van der Waals surface area contributed by atoms with Crippen LogP contribution in [0.1, 0.15) is 105 Å². The van der Waals surface area contributed by atoms with Crippen LogP contribution in [0.5, 0.6) is 11.5 Å². The Morgan fingerprint density at radius 3 is 1.52 bits per heavy atom. The fourth-order valence-corrected chi connectivity index (χ4v) is 11.6. The first kappa shape index (κ1) is 62.1. The van der Waals surface area contributed by atoms with Crippen LogP contribution in [0.25, 0.3) is 44.6 Å². The number of nitrogens with zero attached hydrogens (tertiary/aromatic N) is 14. The Hall–Kier alpha value is -8.50. The van der Waals surface area contributed by atoms with Crippen LogP contribution in [0, 0.1) is 25.7 Å². The molecule has 0 spiro atoms. The van der Waals surface area contributed by atoms with Gasteiger partial charge in [-0.3, -0.25) is 29.5 Å². The number of carbonyl (C=O) groups is 2. The van der Waals surface area contributed by atoms with Crippen molar-refractivity contribution in [2.24, 2.45) is 16.8 Å². The maximum Gasteiger partial charge on any atom is 0.496 e. The Kier molecular flexibility index (Phi) is 18.6. The van der Waals surface area contributed by atoms with Crippen molar-refractivity contribution in [3.05, 3.63) is 155 Å². The van der Waals surface area contributed by atoms with Crippen LogP contribution in [-0.4, -0.2) is 154 Å². The van der Waals surface area contributed by atoms with Gasteiger partial charge in [-0.05, 0) is 168 Å². The third-order valence-electron chi connectivity index (χ3n) is 17.9. The predicted molar refractivity (Wildman–Crippen MR) is 345 cm³/mol. The molecule has 0 bridgehead atoms. The van der Waals surface area contributed by atoms with Gasteiger partial charge in [0.15, 0.2) is 11.3 Å². The van der Waals surface area contributed by atoms with Crippen LogP contribution in [0.4, 0.5) is 0 Å². The molecule has 7 aromatic heterocycles. The smallest absolute Gasteiger partial charge is 0.496 e. The number of ether oxygens (including phenoxy) is 2. The lowest BCUT2D eigenvalue weighted by atomic mass is 9.80. The number of hydrogen-bond acceptors (Lipinski definition) is 18. The molecule has 0 unspecified atom stereocenters. The lowest BCUT2D eigenvalue weighted by Crippen LogP contribution is -2.41. The number of hydrogen-bond donors (Lipinski definition) is 0. The van der Waals surface area contributed by atoms with Crippen LogP contribution in [-0.2, 0) is 51.4 Å². The Bertz CT molecular complexity index is 4020. The second-order valence-corrected chi connectivity index (χ2v) is 24.9. The minimum atomic E-state index is -0.425. The Labute approximate surface area is 520 Å². The summed E-state index contributed by atoms with van der Waals surface area (Å²) in [6.07, 6.45) is 16.7. The zero-order valence-electron chi connectivity index (χ0n) is 53.0. The molecule has 4 aliphatic heterocycles. The first-order chi connectivity index (χ1) is 42.8. The van der Waals surface area contributed by atoms with Gasteiger partial charge in [0.2, 0.25) is 0 Å². The van der Waals surface area contributed by atoms with E-state index in [4.69, 9.17) is 38.9 Å². The monoisotopic (exact) mass is 1200 g/mol. The molecule has 0 aliphatic carbocycles. The van der Waals surface area contributed by atoms with Crippen molar-refractivity contribution in [3.8, 4) is 34.0 Å². The van der Waals surface area contributed by atoms with Crippen molar-refractivity contribution in [1.29, 1.82) is 0 Å². The number of fused-ring (bicyclic) bond motifs is 3. The molecule has 0 atom stereocenters. The number of aryl methyl sites for hydroxylation is 2. The highest BCUT2D eigenvalue weighted by atomic mass is 16.7. The van der Waals surface area contributed by atoms with E-state index >= 15 is 0 Å². The number of pyridine rings is 3. The number of aromatic nitrogens is 11. The van der Waals surface area contributed by atoms with Crippen molar-refractivity contribution < 1.29 is 28.4 Å². The summed E-state index contributed by atoms with van der Waals surface area (Å²) in [5.41, 5.74) is 13.7. The largest absolute Gasteiger partial charge is 0.497 e. The number of Topliss-reactive ketones (excluding diaryl/α,β-unsaturated/α-hetero) is 2. The van der Waals surface area contributed by atoms with E-state index < -0.39 is 7.12 Å². The van der Waals surface area contributed by atoms with Crippen LogP contribution in [0.3, 0.4) is 0 Å². The zero-order chi connectivity index (χ0) is 62.6. The molecule has 0 radical (unpaired) electrons. The van der Waals surface area contributed by atoms with Crippen molar-refractivity contribution in [2.75, 3.05) is 54.5 Å². The number of piperidine rings is 2. The SMILES string of the molecule is CC1=NCc2ncc(-c3cncc(CC(=O)C4CCN(C)CC4)n3)cc21.COc1ccc(Cn2nc(C)c3cc(-c4cncc(CC(=O)C5CCN(C)CC5)n4)cnc32)cc1.COc1ccc(Cn2nc(C)c3cc(B4OC(C)(C)C(C)(C)O4)cnc32)cc1. The molecule has 0 amide bonds. The second-order valence-electron chi connectivity index (χ2n) is 24.9. The normalized spacial score (nSPS) is 16.8. The molecular weight excluding hydrogens is 1120 g/mol. The van der Waals surface area contributed by atoms with Gasteiger partial charge in [-0.15, -0.1) is 0 Å². The summed E-state index contributed by atoms with van der Waals surface area (Å²) in [6, 6.07) is 22.2. The van der Waals surface area contributed by atoms with Crippen LogP contribution in [0.15, 0.2) is 115 Å². The van der Waals surface area contributed by atoms with Gasteiger partial charge in [-0.2, -0.15) is 10.2 Å². The number of rotatable bonds is 15. The molecule has 20 nitrogen and oxygen atoms in total. The molecule has 4 aliphatic rings. The van der Waals surface area contributed by atoms with Gasteiger partial charge in [0.1, 0.15) is 23.1 Å². The number of ketones is 2. The van der Waals surface area contributed by atoms with E-state index in [9.17, 15) is 9.59 Å². The fourth-order valence-electron chi connectivity index (χ4n) is 11.6. The molecule has 21 heteroatoms. The van der Waals surface area contributed by atoms with E-state index in [1.54, 1.807) is 45.2 Å². The molecule has 460 valence electrons. The minimum Gasteiger partial charge on any atom is -0.497 e. The van der Waals surface area contributed by atoms with E-state index in [-0.39, 0.29) is 34.6 Å². The summed E-state index contributed by atoms with van der Waals surface area (Å²) < 4.78 is 26.6. The third-order valence-corrected chi connectivity index (χ3v) is 17.9. The van der Waals surface area contributed by atoms with E-state index in [2.05, 4.69) is 99.7 Å². The Balaban J connectivity index is 0.000000139. The topological polar surface area (TPSA) is 216 Å². The summed E-state index contributed by atoms with van der Waals surface area (Å²) in [5, 5.41) is 11.4. The average molecular weight is 1200 g/mol. The fraction of sp³-hybridized carbons (Fsp3) is 0.412. The van der Waals surface area contributed by atoms with E-state index in [0.717, 1.165) is 159 Å². The Morgan fingerprint density at radius 1 is 0.584 bits per heavy atom. The van der Waals surface area contributed by atoms with Gasteiger partial charge in [-0.1, -0.05) is 24.3 Å². The van der Waals surface area contributed by atoms with Gasteiger partial charge in [0, 0.05) is 81.5 Å². The molecule has 0 saturated carbocycles. The summed E-state index contributed by atoms with van der Waals surface area (Å²) in [5.74, 6) is 2.48. The molecule has 2 aromatic carbocycles. The lowest BCUT2D eigenvalue weighted by Gasteiger charge is -2.32. The van der Waals surface area contributed by atoms with Crippen molar-refractivity contribution in [2.45, 2.75) is 118 Å². The van der Waals surface area contributed by atoms with Gasteiger partial charge in [0.25, 0.3) is 0 Å². The minimum absolute atomic E-state index is 0.119. The molecule has 9 aromatic rings. The first-order valence-corrected chi connectivity index (χ1v) is 30.6. The third kappa shape index (κ3) is 14.3. The molecule has 3 fully saturated rings. The summed E-state index contributed by atoms with van der Waals surface area (Å²) in [7, 11) is 7.11. The van der Waals surface area contributed by atoms with Crippen molar-refractivity contribution in [3.63, 3.8) is 0 Å². The van der Waals surface area contributed by atoms with Gasteiger partial charge >= 0.3 is 7.12 Å². The molecule has 11 heterocycles. The van der Waals surface area contributed by atoms with Crippen LogP contribution in [0.2, 0.25) is 0 Å². The first-order valence-electron chi connectivity index (χ1n) is 30.6.